The monoisotopic (exact) mass is 414 g/mol. The fraction of sp³-hybridized carbons (Fsp3) is 0.158. The Morgan fingerprint density at radius 2 is 2.04 bits per heavy atom. The molecule has 0 fully saturated rings. The maximum absolute atomic E-state index is 12.4. The Kier molecular flexibility index (Phi) is 5.31. The molecule has 0 saturated carbocycles. The van der Waals surface area contributed by atoms with Crippen LogP contribution in [0.3, 0.4) is 0 Å². The van der Waals surface area contributed by atoms with Crippen LogP contribution in [0.1, 0.15) is 21.5 Å². The number of anilines is 1. The first kappa shape index (κ1) is 18.5. The summed E-state index contributed by atoms with van der Waals surface area (Å²) < 4.78 is 5.24. The van der Waals surface area contributed by atoms with Gasteiger partial charge in [0.25, 0.3) is 5.91 Å². The van der Waals surface area contributed by atoms with E-state index in [1.165, 1.54) is 11.8 Å². The molecule has 0 radical (unpaired) electrons. The van der Waals surface area contributed by atoms with Gasteiger partial charge in [-0.3, -0.25) is 10.1 Å². The molecule has 0 aliphatic carbocycles. The van der Waals surface area contributed by atoms with E-state index in [-0.39, 0.29) is 5.95 Å². The van der Waals surface area contributed by atoms with E-state index in [1.54, 1.807) is 12.1 Å². The smallest absolute Gasteiger partial charge is 0.339 e. The molecule has 0 unspecified atom stereocenters. The molecule has 1 amide bonds. The molecule has 28 heavy (non-hydrogen) atoms. The van der Waals surface area contributed by atoms with Crippen LogP contribution in [0, 0.1) is 0 Å². The number of aromatic amines is 1. The molecule has 2 aromatic carbocycles. The van der Waals surface area contributed by atoms with Crippen molar-refractivity contribution in [2.75, 3.05) is 5.32 Å². The number of ether oxygens (including phenoxy) is 1. The second kappa shape index (κ2) is 8.04. The fourth-order valence-corrected chi connectivity index (χ4v) is 3.65. The van der Waals surface area contributed by atoms with Gasteiger partial charge in [0.2, 0.25) is 11.1 Å². The molecule has 0 saturated heterocycles. The van der Waals surface area contributed by atoms with E-state index in [0.717, 1.165) is 11.1 Å². The maximum Gasteiger partial charge on any atom is 0.339 e. The highest BCUT2D eigenvalue weighted by Crippen LogP contribution is 2.23. The van der Waals surface area contributed by atoms with Gasteiger partial charge in [-0.1, -0.05) is 53.7 Å². The Balaban J connectivity index is 1.35. The lowest BCUT2D eigenvalue weighted by molar-refractivity contribution is -0.125. The molecule has 1 atom stereocenters. The van der Waals surface area contributed by atoms with Gasteiger partial charge in [-0.05, 0) is 29.3 Å². The molecule has 142 valence electrons. The second-order valence-corrected chi connectivity index (χ2v) is 7.51. The number of cyclic esters (lactones) is 1. The van der Waals surface area contributed by atoms with Crippen LogP contribution >= 0.6 is 23.4 Å². The first-order valence-electron chi connectivity index (χ1n) is 8.48. The number of carbonyl (C=O) groups excluding carboxylic acids is 2. The predicted molar refractivity (Wildman–Crippen MR) is 105 cm³/mol. The number of thioether (sulfide) groups is 1. The van der Waals surface area contributed by atoms with Crippen LogP contribution in [0.4, 0.5) is 5.95 Å². The summed E-state index contributed by atoms with van der Waals surface area (Å²) in [5.41, 5.74) is 2.36. The number of benzene rings is 2. The van der Waals surface area contributed by atoms with E-state index in [0.29, 0.717) is 27.9 Å². The Bertz CT molecular complexity index is 1020. The normalized spacial score (nSPS) is 15.6. The standard InChI is InChI=1S/C19H15ClN4O3S/c20-13-7-5-11(6-8-13)10-28-19-22-18(23-24-19)21-16(25)15-9-12-3-1-2-4-14(12)17(26)27-15/h1-8,15H,9-10H2,(H2,21,22,23,24,25)/t15-/m0/s1. The van der Waals surface area contributed by atoms with Crippen molar-refractivity contribution < 1.29 is 14.3 Å². The number of H-pyrrole nitrogens is 1. The fourth-order valence-electron chi connectivity index (χ4n) is 2.77. The Morgan fingerprint density at radius 1 is 1.25 bits per heavy atom. The number of hydrogen-bond acceptors (Lipinski definition) is 6. The van der Waals surface area contributed by atoms with E-state index in [1.807, 2.05) is 36.4 Å². The molecule has 1 aliphatic rings. The number of nitrogens with zero attached hydrogens (tertiary/aromatic N) is 2. The molecule has 0 bridgehead atoms. The Morgan fingerprint density at radius 3 is 2.86 bits per heavy atom. The zero-order valence-electron chi connectivity index (χ0n) is 14.5. The minimum Gasteiger partial charge on any atom is -0.448 e. The number of carbonyl (C=O) groups is 2. The van der Waals surface area contributed by atoms with Crippen molar-refractivity contribution in [3.8, 4) is 0 Å². The van der Waals surface area contributed by atoms with Crippen LogP contribution < -0.4 is 5.32 Å². The van der Waals surface area contributed by atoms with Gasteiger partial charge in [-0.2, -0.15) is 4.98 Å². The Labute approximate surface area is 169 Å². The topological polar surface area (TPSA) is 97.0 Å². The van der Waals surface area contributed by atoms with Gasteiger partial charge in [0.1, 0.15) is 0 Å². The lowest BCUT2D eigenvalue weighted by Crippen LogP contribution is -2.38. The average Bonchev–Trinajstić information content (AvgIpc) is 3.15. The summed E-state index contributed by atoms with van der Waals surface area (Å²) in [5.74, 6) is -0.0788. The van der Waals surface area contributed by atoms with Crippen molar-refractivity contribution >= 4 is 41.2 Å². The largest absolute Gasteiger partial charge is 0.448 e. The van der Waals surface area contributed by atoms with E-state index in [2.05, 4.69) is 20.5 Å². The molecule has 3 aromatic rings. The van der Waals surface area contributed by atoms with Gasteiger partial charge < -0.3 is 4.74 Å². The number of rotatable bonds is 5. The number of aromatic nitrogens is 3. The third-order valence-corrected chi connectivity index (χ3v) is 5.34. The van der Waals surface area contributed by atoms with Crippen molar-refractivity contribution in [1.29, 1.82) is 0 Å². The zero-order chi connectivity index (χ0) is 19.5. The summed E-state index contributed by atoms with van der Waals surface area (Å²) >= 11 is 7.29. The third-order valence-electron chi connectivity index (χ3n) is 4.17. The van der Waals surface area contributed by atoms with Crippen LogP contribution in [0.15, 0.2) is 53.7 Å². The Hall–Kier alpha value is -2.84. The van der Waals surface area contributed by atoms with Gasteiger partial charge in [0.05, 0.1) is 5.56 Å². The SMILES string of the molecule is O=C1O[C@H](C(=O)Nc2nc(SCc3ccc(Cl)cc3)n[nH]2)Cc2ccccc21. The van der Waals surface area contributed by atoms with Crippen LogP contribution in [0.5, 0.6) is 0 Å². The minimum absolute atomic E-state index is 0.207. The zero-order valence-corrected chi connectivity index (χ0v) is 16.1. The number of halogens is 1. The number of amides is 1. The average molecular weight is 415 g/mol. The van der Waals surface area contributed by atoms with Crippen molar-refractivity contribution in [3.05, 3.63) is 70.2 Å². The van der Waals surface area contributed by atoms with Crippen LogP contribution in [-0.2, 0) is 21.7 Å². The highest BCUT2D eigenvalue weighted by atomic mass is 35.5. The predicted octanol–water partition coefficient (Wildman–Crippen LogP) is 3.47. The molecule has 1 aromatic heterocycles. The van der Waals surface area contributed by atoms with E-state index >= 15 is 0 Å². The molecule has 7 nitrogen and oxygen atoms in total. The van der Waals surface area contributed by atoms with Crippen molar-refractivity contribution in [1.82, 2.24) is 15.2 Å². The quantitative estimate of drug-likeness (QED) is 0.490. The molecule has 2 N–H and O–H groups in total. The summed E-state index contributed by atoms with van der Waals surface area (Å²) in [6.07, 6.45) is -0.585. The molecule has 1 aliphatic heterocycles. The molecule has 2 heterocycles. The van der Waals surface area contributed by atoms with Crippen LogP contribution in [0.2, 0.25) is 5.02 Å². The summed E-state index contributed by atoms with van der Waals surface area (Å²) in [6, 6.07) is 14.6. The van der Waals surface area contributed by atoms with Crippen LogP contribution in [-0.4, -0.2) is 33.2 Å². The second-order valence-electron chi connectivity index (χ2n) is 6.13. The molecular weight excluding hydrogens is 400 g/mol. The van der Waals surface area contributed by atoms with E-state index < -0.39 is 18.0 Å². The highest BCUT2D eigenvalue weighted by molar-refractivity contribution is 7.98. The summed E-state index contributed by atoms with van der Waals surface area (Å²) in [4.78, 5) is 28.7. The molecule has 4 rings (SSSR count). The first-order valence-corrected chi connectivity index (χ1v) is 9.84. The maximum atomic E-state index is 12.4. The van der Waals surface area contributed by atoms with Gasteiger partial charge >= 0.3 is 5.97 Å². The number of nitrogens with one attached hydrogen (secondary N) is 2. The van der Waals surface area contributed by atoms with E-state index in [9.17, 15) is 9.59 Å². The third kappa shape index (κ3) is 4.18. The highest BCUT2D eigenvalue weighted by Gasteiger charge is 2.31. The number of hydrogen-bond donors (Lipinski definition) is 2. The summed E-state index contributed by atoms with van der Waals surface area (Å²) in [6.45, 7) is 0. The van der Waals surface area contributed by atoms with Crippen LogP contribution in [0.25, 0.3) is 0 Å². The minimum atomic E-state index is -0.905. The van der Waals surface area contributed by atoms with Gasteiger partial charge in [-0.25, -0.2) is 9.89 Å². The molecular formula is C19H15ClN4O3S. The van der Waals surface area contributed by atoms with Crippen molar-refractivity contribution in [3.63, 3.8) is 0 Å². The number of fused-ring (bicyclic) bond motifs is 1. The van der Waals surface area contributed by atoms with Gasteiger partial charge in [0, 0.05) is 17.2 Å². The lowest BCUT2D eigenvalue weighted by atomic mass is 9.98. The van der Waals surface area contributed by atoms with Crippen molar-refractivity contribution in [2.45, 2.75) is 23.4 Å². The van der Waals surface area contributed by atoms with Gasteiger partial charge in [-0.15, -0.1) is 5.10 Å². The van der Waals surface area contributed by atoms with Crippen molar-refractivity contribution in [2.24, 2.45) is 0 Å². The first-order chi connectivity index (χ1) is 13.6. The molecule has 9 heteroatoms. The van der Waals surface area contributed by atoms with Gasteiger partial charge in [0.15, 0.2) is 6.10 Å². The summed E-state index contributed by atoms with van der Waals surface area (Å²) in [7, 11) is 0. The number of esters is 1. The molecule has 0 spiro atoms. The lowest BCUT2D eigenvalue weighted by Gasteiger charge is -2.23. The van der Waals surface area contributed by atoms with E-state index in [4.69, 9.17) is 16.3 Å². The summed E-state index contributed by atoms with van der Waals surface area (Å²) in [5, 5.41) is 10.5.